The Balaban J connectivity index is 1.09. The first-order valence-corrected chi connectivity index (χ1v) is 18.8. The summed E-state index contributed by atoms with van der Waals surface area (Å²) in [5, 5.41) is 2.31. The molecule has 56 heavy (non-hydrogen) atoms. The van der Waals surface area contributed by atoms with E-state index in [0.29, 0.717) is 17.6 Å². The Bertz CT molecular complexity index is 2870. The van der Waals surface area contributed by atoms with Gasteiger partial charge >= 0.3 is 0 Å². The van der Waals surface area contributed by atoms with Crippen LogP contribution in [0.4, 0.5) is 17.3 Å². The predicted octanol–water partition coefficient (Wildman–Crippen LogP) is 13.1. The van der Waals surface area contributed by atoms with E-state index in [1.165, 1.54) is 27.6 Å². The van der Waals surface area contributed by atoms with E-state index < -0.39 is 0 Å². The highest BCUT2D eigenvalue weighted by Gasteiger charge is 2.21. The van der Waals surface area contributed by atoms with Crippen molar-refractivity contribution in [1.82, 2.24) is 19.5 Å². The molecule has 0 saturated heterocycles. The Morgan fingerprint density at radius 3 is 1.34 bits per heavy atom. The van der Waals surface area contributed by atoms with Gasteiger partial charge in [-0.3, -0.25) is 4.90 Å². The molecular formula is C51H35N5. The number of anilines is 3. The molecule has 0 spiro atoms. The lowest BCUT2D eigenvalue weighted by Crippen LogP contribution is -2.15. The summed E-state index contributed by atoms with van der Waals surface area (Å²) in [5.74, 6) is 1.77. The molecule has 0 aliphatic carbocycles. The molecule has 2 aromatic heterocycles. The monoisotopic (exact) mass is 717 g/mol. The SMILES string of the molecule is c1ccc(-c2ccc(-c3ccc(-n4c5ccccc5c5cc(N(c6ccccc6)c6nc(-c7ccccc7)nc(-c7ccccc7)n6)ccc54)cc3)cc2)cc1. The maximum Gasteiger partial charge on any atom is 0.238 e. The maximum atomic E-state index is 5.13. The van der Waals surface area contributed by atoms with Gasteiger partial charge in [0.1, 0.15) is 0 Å². The van der Waals surface area contributed by atoms with Gasteiger partial charge in [-0.2, -0.15) is 9.97 Å². The van der Waals surface area contributed by atoms with Crippen LogP contribution in [-0.2, 0) is 0 Å². The summed E-state index contributed by atoms with van der Waals surface area (Å²) in [4.78, 5) is 17.3. The molecule has 0 radical (unpaired) electrons. The summed E-state index contributed by atoms with van der Waals surface area (Å²) < 4.78 is 2.35. The highest BCUT2D eigenvalue weighted by Crippen LogP contribution is 2.40. The Kier molecular flexibility index (Phi) is 8.43. The average molecular weight is 718 g/mol. The molecule has 0 atom stereocenters. The van der Waals surface area contributed by atoms with Crippen molar-refractivity contribution in [3.05, 3.63) is 212 Å². The molecule has 0 aliphatic rings. The normalized spacial score (nSPS) is 11.2. The highest BCUT2D eigenvalue weighted by atomic mass is 15.3. The number of fused-ring (bicyclic) bond motifs is 3. The number of hydrogen-bond donors (Lipinski definition) is 0. The van der Waals surface area contributed by atoms with E-state index in [4.69, 9.17) is 15.0 Å². The topological polar surface area (TPSA) is 46.8 Å². The van der Waals surface area contributed by atoms with Crippen LogP contribution in [-0.4, -0.2) is 19.5 Å². The average Bonchev–Trinajstić information content (AvgIpc) is 3.61. The van der Waals surface area contributed by atoms with Crippen molar-refractivity contribution in [3.63, 3.8) is 0 Å². The molecule has 0 aliphatic heterocycles. The smallest absolute Gasteiger partial charge is 0.238 e. The number of para-hydroxylation sites is 2. The first-order valence-electron chi connectivity index (χ1n) is 18.8. The zero-order valence-corrected chi connectivity index (χ0v) is 30.4. The van der Waals surface area contributed by atoms with Gasteiger partial charge in [-0.15, -0.1) is 0 Å². The summed E-state index contributed by atoms with van der Waals surface area (Å²) in [5.41, 5.74) is 11.9. The van der Waals surface area contributed by atoms with Gasteiger partial charge in [-0.05, 0) is 70.8 Å². The zero-order chi connectivity index (χ0) is 37.3. The van der Waals surface area contributed by atoms with E-state index in [0.717, 1.165) is 44.6 Å². The van der Waals surface area contributed by atoms with Crippen molar-refractivity contribution in [3.8, 4) is 50.7 Å². The molecule has 0 bridgehead atoms. The quantitative estimate of drug-likeness (QED) is 0.157. The molecule has 0 fully saturated rings. The molecule has 10 rings (SSSR count). The Hall–Kier alpha value is -7.63. The second-order valence-electron chi connectivity index (χ2n) is 13.7. The molecule has 5 heteroatoms. The molecule has 264 valence electrons. The molecule has 2 heterocycles. The summed E-state index contributed by atoms with van der Waals surface area (Å²) in [6.45, 7) is 0. The summed E-state index contributed by atoms with van der Waals surface area (Å²) in [6.07, 6.45) is 0. The lowest BCUT2D eigenvalue weighted by atomic mass is 10.0. The van der Waals surface area contributed by atoms with Crippen LogP contribution in [0.2, 0.25) is 0 Å². The van der Waals surface area contributed by atoms with Crippen LogP contribution in [0.15, 0.2) is 212 Å². The largest absolute Gasteiger partial charge is 0.309 e. The number of hydrogen-bond acceptors (Lipinski definition) is 4. The number of aromatic nitrogens is 4. The van der Waals surface area contributed by atoms with Gasteiger partial charge < -0.3 is 4.57 Å². The van der Waals surface area contributed by atoms with Crippen molar-refractivity contribution in [2.75, 3.05) is 4.90 Å². The van der Waals surface area contributed by atoms with Crippen molar-refractivity contribution in [2.24, 2.45) is 0 Å². The first kappa shape index (κ1) is 33.0. The van der Waals surface area contributed by atoms with Crippen molar-refractivity contribution >= 4 is 39.1 Å². The Labute approximate surface area is 325 Å². The predicted molar refractivity (Wildman–Crippen MR) is 231 cm³/mol. The first-order chi connectivity index (χ1) is 27.8. The molecular weight excluding hydrogens is 683 g/mol. The fraction of sp³-hybridized carbons (Fsp3) is 0. The third-order valence-electron chi connectivity index (χ3n) is 10.3. The molecule has 0 N–H and O–H groups in total. The third-order valence-corrected chi connectivity index (χ3v) is 10.3. The Morgan fingerprint density at radius 2 is 0.768 bits per heavy atom. The van der Waals surface area contributed by atoms with Crippen LogP contribution < -0.4 is 4.90 Å². The molecule has 0 saturated carbocycles. The Morgan fingerprint density at radius 1 is 0.321 bits per heavy atom. The second kappa shape index (κ2) is 14.3. The lowest BCUT2D eigenvalue weighted by Gasteiger charge is -2.24. The molecule has 8 aromatic carbocycles. The van der Waals surface area contributed by atoms with E-state index >= 15 is 0 Å². The standard InChI is InChI=1S/C51H35N5/c1-5-15-36(16-6-1)37-25-27-38(28-26-37)39-29-31-43(32-30-39)56-47-24-14-13-23-45(47)46-35-44(33-34-48(46)56)55(42-21-11-4-12-22-42)51-53-49(40-17-7-2-8-18-40)52-50(54-51)41-19-9-3-10-20-41/h1-35H. The number of benzene rings is 8. The second-order valence-corrected chi connectivity index (χ2v) is 13.7. The van der Waals surface area contributed by atoms with Crippen LogP contribution in [0, 0.1) is 0 Å². The zero-order valence-electron chi connectivity index (χ0n) is 30.4. The molecule has 10 aromatic rings. The van der Waals surface area contributed by atoms with Gasteiger partial charge in [0, 0.05) is 39.0 Å². The fourth-order valence-corrected chi connectivity index (χ4v) is 7.52. The molecule has 0 amide bonds. The van der Waals surface area contributed by atoms with Crippen molar-refractivity contribution in [1.29, 1.82) is 0 Å². The third kappa shape index (κ3) is 6.17. The maximum absolute atomic E-state index is 5.13. The van der Waals surface area contributed by atoms with Crippen molar-refractivity contribution in [2.45, 2.75) is 0 Å². The molecule has 5 nitrogen and oxygen atoms in total. The van der Waals surface area contributed by atoms with Gasteiger partial charge in [0.05, 0.1) is 11.0 Å². The molecule has 0 unspecified atom stereocenters. The lowest BCUT2D eigenvalue weighted by molar-refractivity contribution is 1.02. The highest BCUT2D eigenvalue weighted by molar-refractivity contribution is 6.10. The number of nitrogens with zero attached hydrogens (tertiary/aromatic N) is 5. The van der Waals surface area contributed by atoms with Crippen LogP contribution in [0.1, 0.15) is 0 Å². The van der Waals surface area contributed by atoms with Crippen molar-refractivity contribution < 1.29 is 0 Å². The van der Waals surface area contributed by atoms with Crippen LogP contribution in [0.3, 0.4) is 0 Å². The van der Waals surface area contributed by atoms with Gasteiger partial charge in [0.2, 0.25) is 5.95 Å². The van der Waals surface area contributed by atoms with E-state index in [2.05, 4.69) is 143 Å². The van der Waals surface area contributed by atoms with Crippen LogP contribution >= 0.6 is 0 Å². The number of rotatable bonds is 8. The summed E-state index contributed by atoms with van der Waals surface area (Å²) in [6, 6.07) is 74.0. The van der Waals surface area contributed by atoms with Gasteiger partial charge in [0.15, 0.2) is 11.6 Å². The van der Waals surface area contributed by atoms with E-state index in [1.54, 1.807) is 0 Å². The van der Waals surface area contributed by atoms with E-state index in [-0.39, 0.29) is 0 Å². The van der Waals surface area contributed by atoms with Crippen LogP contribution in [0.5, 0.6) is 0 Å². The minimum Gasteiger partial charge on any atom is -0.309 e. The van der Waals surface area contributed by atoms with Crippen LogP contribution in [0.25, 0.3) is 72.5 Å². The van der Waals surface area contributed by atoms with E-state index in [9.17, 15) is 0 Å². The van der Waals surface area contributed by atoms with E-state index in [1.807, 2.05) is 78.9 Å². The van der Waals surface area contributed by atoms with Gasteiger partial charge in [-0.25, -0.2) is 4.98 Å². The summed E-state index contributed by atoms with van der Waals surface area (Å²) >= 11 is 0. The fourth-order valence-electron chi connectivity index (χ4n) is 7.52. The minimum atomic E-state index is 0.541. The minimum absolute atomic E-state index is 0.541. The summed E-state index contributed by atoms with van der Waals surface area (Å²) in [7, 11) is 0. The van der Waals surface area contributed by atoms with Gasteiger partial charge in [0.25, 0.3) is 0 Å². The van der Waals surface area contributed by atoms with Gasteiger partial charge in [-0.1, -0.05) is 164 Å².